The smallest absolute Gasteiger partial charge is 0.305 e. The molecule has 6 heteroatoms. The number of hydrogen-bond acceptors (Lipinski definition) is 4. The van der Waals surface area contributed by atoms with Crippen molar-refractivity contribution in [3.05, 3.63) is 47.8 Å². The summed E-state index contributed by atoms with van der Waals surface area (Å²) in [5.74, 6) is -0.324. The van der Waals surface area contributed by atoms with Gasteiger partial charge in [0.15, 0.2) is 0 Å². The van der Waals surface area contributed by atoms with Crippen LogP contribution in [0.25, 0.3) is 11.1 Å². The molecule has 2 aromatic rings. The van der Waals surface area contributed by atoms with Gasteiger partial charge in [-0.05, 0) is 42.2 Å². The number of carbonyl (C=O) groups is 2. The normalized spacial score (nSPS) is 13.0. The molecule has 0 fully saturated rings. The van der Waals surface area contributed by atoms with Crippen LogP contribution < -0.4 is 10.1 Å². The number of carboxylic acid groups (broad SMARTS) is 1. The van der Waals surface area contributed by atoms with Crippen molar-refractivity contribution in [1.29, 1.82) is 0 Å². The first-order valence-corrected chi connectivity index (χ1v) is 9.22. The highest BCUT2D eigenvalue weighted by Gasteiger charge is 2.31. The van der Waals surface area contributed by atoms with Crippen molar-refractivity contribution in [2.75, 3.05) is 6.61 Å². The summed E-state index contributed by atoms with van der Waals surface area (Å²) in [6, 6.07) is 7.75. The predicted octanol–water partition coefficient (Wildman–Crippen LogP) is 3.45. The maximum absolute atomic E-state index is 12.8. The lowest BCUT2D eigenvalue weighted by Crippen LogP contribution is -2.49. The van der Waals surface area contributed by atoms with E-state index in [1.165, 1.54) is 6.20 Å². The van der Waals surface area contributed by atoms with Crippen LogP contribution in [-0.4, -0.2) is 34.1 Å². The number of nitrogens with zero attached hydrogens (tertiary/aromatic N) is 1. The van der Waals surface area contributed by atoms with Crippen molar-refractivity contribution >= 4 is 11.9 Å². The number of hydrogen-bond donors (Lipinski definition) is 2. The number of pyridine rings is 1. The number of aromatic nitrogens is 1. The minimum Gasteiger partial charge on any atom is -0.493 e. The highest BCUT2D eigenvalue weighted by Crippen LogP contribution is 2.30. The van der Waals surface area contributed by atoms with Gasteiger partial charge in [-0.2, -0.15) is 0 Å². The predicted molar refractivity (Wildman–Crippen MR) is 102 cm³/mol. The van der Waals surface area contributed by atoms with Gasteiger partial charge in [-0.1, -0.05) is 19.9 Å². The highest BCUT2D eigenvalue weighted by molar-refractivity contribution is 5.95. The van der Waals surface area contributed by atoms with E-state index in [0.29, 0.717) is 25.0 Å². The summed E-state index contributed by atoms with van der Waals surface area (Å²) in [7, 11) is 0. The summed E-state index contributed by atoms with van der Waals surface area (Å²) in [6.07, 6.45) is 5.08. The van der Waals surface area contributed by atoms with E-state index in [0.717, 1.165) is 28.9 Å². The van der Waals surface area contributed by atoms with Crippen LogP contribution in [-0.2, 0) is 11.2 Å². The molecule has 1 amide bonds. The molecule has 0 radical (unpaired) electrons. The van der Waals surface area contributed by atoms with Crippen molar-refractivity contribution < 1.29 is 19.4 Å². The van der Waals surface area contributed by atoms with Gasteiger partial charge >= 0.3 is 5.97 Å². The summed E-state index contributed by atoms with van der Waals surface area (Å²) in [6.45, 7) is 4.46. The first kappa shape index (κ1) is 18.9. The Balaban J connectivity index is 1.84. The number of benzene rings is 1. The Morgan fingerprint density at radius 3 is 2.67 bits per heavy atom. The Kier molecular flexibility index (Phi) is 5.44. The van der Waals surface area contributed by atoms with Gasteiger partial charge in [0.05, 0.1) is 24.1 Å². The van der Waals surface area contributed by atoms with E-state index in [-0.39, 0.29) is 12.3 Å². The molecule has 0 saturated carbocycles. The molecule has 6 nitrogen and oxygen atoms in total. The molecule has 1 aliphatic heterocycles. The summed E-state index contributed by atoms with van der Waals surface area (Å²) >= 11 is 0. The first-order valence-electron chi connectivity index (χ1n) is 9.22. The summed E-state index contributed by atoms with van der Waals surface area (Å²) in [5.41, 5.74) is 2.63. The van der Waals surface area contributed by atoms with Crippen LogP contribution in [0.2, 0.25) is 0 Å². The van der Waals surface area contributed by atoms with Gasteiger partial charge in [-0.25, -0.2) is 0 Å². The molecular formula is C21H24N2O4. The van der Waals surface area contributed by atoms with Gasteiger partial charge in [-0.3, -0.25) is 14.6 Å². The quantitative estimate of drug-likeness (QED) is 0.781. The van der Waals surface area contributed by atoms with Crippen LogP contribution in [0.15, 0.2) is 36.7 Å². The van der Waals surface area contributed by atoms with Gasteiger partial charge in [0, 0.05) is 24.4 Å². The Morgan fingerprint density at radius 1 is 1.19 bits per heavy atom. The number of nitrogens with one attached hydrogen (secondary N) is 1. The fourth-order valence-electron chi connectivity index (χ4n) is 3.41. The van der Waals surface area contributed by atoms with Crippen LogP contribution in [0, 0.1) is 0 Å². The van der Waals surface area contributed by atoms with Crippen LogP contribution in [0.1, 0.15) is 49.0 Å². The molecular weight excluding hydrogens is 344 g/mol. The molecule has 0 spiro atoms. The third kappa shape index (κ3) is 4.10. The zero-order valence-electron chi connectivity index (χ0n) is 15.6. The molecule has 0 aliphatic carbocycles. The van der Waals surface area contributed by atoms with Crippen LogP contribution >= 0.6 is 0 Å². The first-order chi connectivity index (χ1) is 13.0. The van der Waals surface area contributed by atoms with Crippen LogP contribution in [0.5, 0.6) is 5.75 Å². The zero-order chi connectivity index (χ0) is 19.4. The van der Waals surface area contributed by atoms with Gasteiger partial charge in [-0.15, -0.1) is 0 Å². The van der Waals surface area contributed by atoms with E-state index in [1.807, 2.05) is 26.0 Å². The second-order valence-corrected chi connectivity index (χ2v) is 6.90. The minimum atomic E-state index is -0.925. The molecule has 0 atom stereocenters. The monoisotopic (exact) mass is 368 g/mol. The lowest BCUT2D eigenvalue weighted by atomic mass is 9.88. The van der Waals surface area contributed by atoms with Gasteiger partial charge < -0.3 is 15.2 Å². The molecule has 2 N–H and O–H groups in total. The molecule has 142 valence electrons. The number of ether oxygens (including phenoxy) is 1. The second kappa shape index (κ2) is 7.78. The fraction of sp³-hybridized carbons (Fsp3) is 0.381. The van der Waals surface area contributed by atoms with Crippen LogP contribution in [0.4, 0.5) is 0 Å². The molecule has 0 saturated heterocycles. The molecule has 0 bridgehead atoms. The van der Waals surface area contributed by atoms with Crippen LogP contribution in [0.3, 0.4) is 0 Å². The van der Waals surface area contributed by atoms with Crippen molar-refractivity contribution in [2.24, 2.45) is 0 Å². The van der Waals surface area contributed by atoms with Gasteiger partial charge in [0.1, 0.15) is 5.75 Å². The lowest BCUT2D eigenvalue weighted by Gasteiger charge is -2.31. The average Bonchev–Trinajstić information content (AvgIpc) is 3.15. The zero-order valence-corrected chi connectivity index (χ0v) is 15.6. The standard InChI is InChI=1S/C21H24N2O4/c1-3-21(4-2,11-19(24)25)23-20(26)17-10-16(12-22-13-17)14-5-6-18-15(9-14)7-8-27-18/h5-6,9-10,12-13H,3-4,7-8,11H2,1-2H3,(H,23,26)(H,24,25). The number of carboxylic acids is 1. The van der Waals surface area contributed by atoms with Crippen molar-refractivity contribution in [1.82, 2.24) is 10.3 Å². The topological polar surface area (TPSA) is 88.5 Å². The maximum atomic E-state index is 12.8. The number of rotatable bonds is 7. The van der Waals surface area contributed by atoms with E-state index in [4.69, 9.17) is 4.74 Å². The molecule has 1 aliphatic rings. The molecule has 27 heavy (non-hydrogen) atoms. The number of carbonyl (C=O) groups excluding carboxylic acids is 1. The Hall–Kier alpha value is -2.89. The van der Waals surface area contributed by atoms with Gasteiger partial charge in [0.25, 0.3) is 5.91 Å². The summed E-state index contributed by atoms with van der Waals surface area (Å²) in [4.78, 5) is 28.2. The number of fused-ring (bicyclic) bond motifs is 1. The fourth-order valence-corrected chi connectivity index (χ4v) is 3.41. The number of amides is 1. The second-order valence-electron chi connectivity index (χ2n) is 6.90. The Bertz CT molecular complexity index is 859. The largest absolute Gasteiger partial charge is 0.493 e. The molecule has 2 heterocycles. The van der Waals surface area contributed by atoms with Crippen molar-refractivity contribution in [2.45, 2.75) is 45.1 Å². The molecule has 0 unspecified atom stereocenters. The Labute approximate surface area is 158 Å². The summed E-state index contributed by atoms with van der Waals surface area (Å²) < 4.78 is 5.53. The highest BCUT2D eigenvalue weighted by atomic mass is 16.5. The molecule has 1 aromatic heterocycles. The Morgan fingerprint density at radius 2 is 1.96 bits per heavy atom. The molecule has 1 aromatic carbocycles. The van der Waals surface area contributed by atoms with Crippen molar-refractivity contribution in [3.63, 3.8) is 0 Å². The van der Waals surface area contributed by atoms with E-state index in [9.17, 15) is 14.7 Å². The van der Waals surface area contributed by atoms with E-state index in [1.54, 1.807) is 12.3 Å². The van der Waals surface area contributed by atoms with E-state index < -0.39 is 11.5 Å². The van der Waals surface area contributed by atoms with Crippen molar-refractivity contribution in [3.8, 4) is 16.9 Å². The van der Waals surface area contributed by atoms with E-state index in [2.05, 4.69) is 16.4 Å². The molecule has 3 rings (SSSR count). The lowest BCUT2D eigenvalue weighted by molar-refractivity contribution is -0.138. The SMILES string of the molecule is CCC(CC)(CC(=O)O)NC(=O)c1cncc(-c2ccc3c(c2)CCO3)c1. The maximum Gasteiger partial charge on any atom is 0.305 e. The summed E-state index contributed by atoms with van der Waals surface area (Å²) in [5, 5.41) is 12.1. The van der Waals surface area contributed by atoms with Gasteiger partial charge in [0.2, 0.25) is 0 Å². The van der Waals surface area contributed by atoms with E-state index >= 15 is 0 Å². The minimum absolute atomic E-state index is 0.107. The number of aliphatic carboxylic acids is 1. The third-order valence-electron chi connectivity index (χ3n) is 5.25. The third-order valence-corrected chi connectivity index (χ3v) is 5.25. The average molecular weight is 368 g/mol.